The fourth-order valence-electron chi connectivity index (χ4n) is 1.99. The van der Waals surface area contributed by atoms with Gasteiger partial charge in [0.2, 0.25) is 0 Å². The van der Waals surface area contributed by atoms with Crippen LogP contribution in [0.25, 0.3) is 0 Å². The summed E-state index contributed by atoms with van der Waals surface area (Å²) in [5.74, 6) is 0.885. The molecule has 0 bridgehead atoms. The molecule has 1 fully saturated rings. The van der Waals surface area contributed by atoms with Crippen LogP contribution < -0.4 is 5.73 Å². The molecule has 8 heteroatoms. The topological polar surface area (TPSA) is 80.5 Å². The molecule has 0 aliphatic carbocycles. The van der Waals surface area contributed by atoms with E-state index in [4.69, 9.17) is 5.73 Å². The molecule has 1 aliphatic rings. The molecule has 0 radical (unpaired) electrons. The number of hydrogen-bond acceptors (Lipinski definition) is 5. The van der Waals surface area contributed by atoms with Gasteiger partial charge in [-0.25, -0.2) is 8.42 Å². The van der Waals surface area contributed by atoms with Crippen molar-refractivity contribution in [2.45, 2.75) is 5.37 Å². The van der Waals surface area contributed by atoms with Crippen LogP contribution in [-0.4, -0.2) is 48.9 Å². The van der Waals surface area contributed by atoms with Gasteiger partial charge in [0.1, 0.15) is 5.37 Å². The Morgan fingerprint density at radius 2 is 2.20 bits per heavy atom. The third-order valence-electron chi connectivity index (χ3n) is 3.09. The van der Waals surface area contributed by atoms with Crippen LogP contribution in [0.2, 0.25) is 0 Å². The molecule has 1 atom stereocenters. The van der Waals surface area contributed by atoms with E-state index in [1.165, 1.54) is 11.2 Å². The van der Waals surface area contributed by atoms with Crippen LogP contribution in [0, 0.1) is 0 Å². The third-order valence-corrected chi connectivity index (χ3v) is 6.42. The number of benzene rings is 1. The molecule has 1 saturated heterocycles. The zero-order chi connectivity index (χ0) is 14.9. The van der Waals surface area contributed by atoms with Crippen LogP contribution >= 0.6 is 27.7 Å². The normalized spacial score (nSPS) is 19.9. The summed E-state index contributed by atoms with van der Waals surface area (Å²) in [6.07, 6.45) is 1.17. The third kappa shape index (κ3) is 3.29. The second-order valence-corrected chi connectivity index (χ2v) is 8.80. The highest BCUT2D eigenvalue weighted by atomic mass is 79.9. The van der Waals surface area contributed by atoms with E-state index >= 15 is 0 Å². The summed E-state index contributed by atoms with van der Waals surface area (Å²) in [4.78, 5) is 13.9. The SMILES string of the molecule is CS(=O)(=O)C1CSCCN1C(=O)c1ccc(N)c(Br)c1. The minimum absolute atomic E-state index is 0.276. The van der Waals surface area contributed by atoms with Gasteiger partial charge in [0.15, 0.2) is 9.84 Å². The molecule has 110 valence electrons. The van der Waals surface area contributed by atoms with E-state index in [9.17, 15) is 13.2 Å². The molecule has 20 heavy (non-hydrogen) atoms. The average Bonchev–Trinajstić information content (AvgIpc) is 2.40. The van der Waals surface area contributed by atoms with Crippen LogP contribution in [0.4, 0.5) is 5.69 Å². The van der Waals surface area contributed by atoms with Crippen molar-refractivity contribution in [3.8, 4) is 0 Å². The van der Waals surface area contributed by atoms with Gasteiger partial charge < -0.3 is 10.6 Å². The average molecular weight is 379 g/mol. The molecule has 1 aromatic rings. The number of nitrogen functional groups attached to an aromatic ring is 1. The molecule has 1 unspecified atom stereocenters. The van der Waals surface area contributed by atoms with Crippen molar-refractivity contribution < 1.29 is 13.2 Å². The summed E-state index contributed by atoms with van der Waals surface area (Å²) < 4.78 is 24.3. The Kier molecular flexibility index (Phi) is 4.66. The fraction of sp³-hybridized carbons (Fsp3) is 0.417. The van der Waals surface area contributed by atoms with Crippen LogP contribution in [0.3, 0.4) is 0 Å². The number of nitrogens with two attached hydrogens (primary N) is 1. The molecular weight excluding hydrogens is 364 g/mol. The van der Waals surface area contributed by atoms with Gasteiger partial charge in [0.25, 0.3) is 5.91 Å². The molecule has 2 N–H and O–H groups in total. The lowest BCUT2D eigenvalue weighted by Crippen LogP contribution is -2.49. The highest BCUT2D eigenvalue weighted by Crippen LogP contribution is 2.25. The minimum Gasteiger partial charge on any atom is -0.398 e. The molecule has 0 spiro atoms. The maximum Gasteiger partial charge on any atom is 0.255 e. The highest BCUT2D eigenvalue weighted by Gasteiger charge is 2.34. The molecule has 0 saturated carbocycles. The quantitative estimate of drug-likeness (QED) is 0.790. The van der Waals surface area contributed by atoms with Gasteiger partial charge in [-0.3, -0.25) is 4.79 Å². The van der Waals surface area contributed by atoms with E-state index < -0.39 is 15.2 Å². The van der Waals surface area contributed by atoms with Crippen molar-refractivity contribution in [2.24, 2.45) is 0 Å². The second kappa shape index (κ2) is 5.95. The Balaban J connectivity index is 2.32. The van der Waals surface area contributed by atoms with Gasteiger partial charge in [-0.1, -0.05) is 0 Å². The van der Waals surface area contributed by atoms with E-state index in [0.29, 0.717) is 28.0 Å². The lowest BCUT2D eigenvalue weighted by Gasteiger charge is -2.34. The number of thioether (sulfide) groups is 1. The van der Waals surface area contributed by atoms with Gasteiger partial charge in [-0.15, -0.1) is 0 Å². The standard InChI is InChI=1S/C12H15BrN2O3S2/c1-20(17,18)11-7-19-5-4-15(11)12(16)8-2-3-10(14)9(13)6-8/h2-3,6,11H,4-5,7,14H2,1H3. The predicted octanol–water partition coefficient (Wildman–Crippen LogP) is 1.59. The summed E-state index contributed by atoms with van der Waals surface area (Å²) in [7, 11) is -3.30. The molecular formula is C12H15BrN2O3S2. The zero-order valence-corrected chi connectivity index (χ0v) is 14.1. The Labute approximate surface area is 130 Å². The number of sulfone groups is 1. The lowest BCUT2D eigenvalue weighted by atomic mass is 10.2. The van der Waals surface area contributed by atoms with Gasteiger partial charge in [-0.05, 0) is 34.1 Å². The first kappa shape index (κ1) is 15.7. The van der Waals surface area contributed by atoms with Gasteiger partial charge >= 0.3 is 0 Å². The Bertz CT molecular complexity index is 634. The first-order valence-electron chi connectivity index (χ1n) is 5.93. The van der Waals surface area contributed by atoms with E-state index in [-0.39, 0.29) is 5.91 Å². The van der Waals surface area contributed by atoms with Crippen LogP contribution in [0.15, 0.2) is 22.7 Å². The number of carbonyl (C=O) groups is 1. The summed E-state index contributed by atoms with van der Waals surface area (Å²) in [5, 5.41) is -0.759. The second-order valence-electron chi connectivity index (χ2n) is 4.59. The highest BCUT2D eigenvalue weighted by molar-refractivity contribution is 9.10. The van der Waals surface area contributed by atoms with Crippen molar-refractivity contribution in [3.05, 3.63) is 28.2 Å². The molecule has 1 aliphatic heterocycles. The minimum atomic E-state index is -3.30. The van der Waals surface area contributed by atoms with Crippen LogP contribution in [-0.2, 0) is 9.84 Å². The number of carbonyl (C=O) groups excluding carboxylic acids is 1. The summed E-state index contributed by atoms with van der Waals surface area (Å²) in [6.45, 7) is 0.434. The van der Waals surface area contributed by atoms with E-state index in [2.05, 4.69) is 15.9 Å². The summed E-state index contributed by atoms with van der Waals surface area (Å²) in [6, 6.07) is 4.87. The molecule has 2 rings (SSSR count). The first-order valence-corrected chi connectivity index (χ1v) is 9.83. The maximum atomic E-state index is 12.5. The number of hydrogen-bond donors (Lipinski definition) is 1. The van der Waals surface area contributed by atoms with E-state index in [0.717, 1.165) is 5.75 Å². The first-order chi connectivity index (χ1) is 9.30. The number of anilines is 1. The van der Waals surface area contributed by atoms with Gasteiger partial charge in [0.05, 0.1) is 0 Å². The molecule has 5 nitrogen and oxygen atoms in total. The van der Waals surface area contributed by atoms with Crippen molar-refractivity contribution >= 4 is 49.1 Å². The van der Waals surface area contributed by atoms with E-state index in [1.807, 2.05) is 0 Å². The molecule has 1 amide bonds. The predicted molar refractivity (Wildman–Crippen MR) is 85.5 cm³/mol. The molecule has 1 aromatic carbocycles. The largest absolute Gasteiger partial charge is 0.398 e. The van der Waals surface area contributed by atoms with Crippen molar-refractivity contribution in [3.63, 3.8) is 0 Å². The smallest absolute Gasteiger partial charge is 0.255 e. The maximum absolute atomic E-state index is 12.5. The monoisotopic (exact) mass is 378 g/mol. The Morgan fingerprint density at radius 1 is 1.50 bits per heavy atom. The van der Waals surface area contributed by atoms with Gasteiger partial charge in [0, 0.05) is 40.0 Å². The van der Waals surface area contributed by atoms with Crippen molar-refractivity contribution in [2.75, 3.05) is 30.0 Å². The molecule has 0 aromatic heterocycles. The van der Waals surface area contributed by atoms with Crippen LogP contribution in [0.5, 0.6) is 0 Å². The number of halogens is 1. The van der Waals surface area contributed by atoms with E-state index in [1.54, 1.807) is 30.0 Å². The van der Waals surface area contributed by atoms with Gasteiger partial charge in [-0.2, -0.15) is 11.8 Å². The fourth-order valence-corrected chi connectivity index (χ4v) is 5.19. The summed E-state index contributed by atoms with van der Waals surface area (Å²) >= 11 is 4.82. The van der Waals surface area contributed by atoms with Crippen molar-refractivity contribution in [1.82, 2.24) is 4.90 Å². The number of amides is 1. The van der Waals surface area contributed by atoms with Crippen LogP contribution in [0.1, 0.15) is 10.4 Å². The Hall–Kier alpha value is -0.730. The zero-order valence-electron chi connectivity index (χ0n) is 10.9. The summed E-state index contributed by atoms with van der Waals surface area (Å²) in [5.41, 5.74) is 6.67. The lowest BCUT2D eigenvalue weighted by molar-refractivity contribution is 0.0749. The number of rotatable bonds is 2. The molecule has 1 heterocycles. The van der Waals surface area contributed by atoms with Crippen molar-refractivity contribution in [1.29, 1.82) is 0 Å². The Morgan fingerprint density at radius 3 is 2.80 bits per heavy atom. The number of nitrogens with zero attached hydrogens (tertiary/aromatic N) is 1.